The number of nitrogens with zero attached hydrogens (tertiary/aromatic N) is 2. The molecular weight excluding hydrogens is 358 g/mol. The van der Waals surface area contributed by atoms with Gasteiger partial charge in [-0.1, -0.05) is 30.2 Å². The molecule has 1 saturated carbocycles. The minimum atomic E-state index is 0.145. The number of hydrogen-bond donors (Lipinski definition) is 1. The normalized spacial score (nSPS) is 18.2. The second-order valence-corrected chi connectivity index (χ2v) is 8.16. The summed E-state index contributed by atoms with van der Waals surface area (Å²) in [7, 11) is 2.08. The first-order valence-electron chi connectivity index (χ1n) is 9.62. The highest BCUT2D eigenvalue weighted by atomic mass is 35.5. The van der Waals surface area contributed by atoms with E-state index in [4.69, 9.17) is 22.2 Å². The van der Waals surface area contributed by atoms with E-state index in [2.05, 4.69) is 41.3 Å². The number of halogens is 1. The summed E-state index contributed by atoms with van der Waals surface area (Å²) < 4.78 is 5.73. The zero-order chi connectivity index (χ0) is 18.9. The summed E-state index contributed by atoms with van der Waals surface area (Å²) in [5, 5.41) is 4.92. The number of hydrazone groups is 1. The number of benzene rings is 2. The minimum Gasteiger partial charge on any atom is -0.493 e. The van der Waals surface area contributed by atoms with Crippen LogP contribution >= 0.6 is 11.6 Å². The molecule has 2 aromatic rings. The molecule has 0 atom stereocenters. The summed E-state index contributed by atoms with van der Waals surface area (Å²) in [4.78, 5) is 2.19. The van der Waals surface area contributed by atoms with Gasteiger partial charge in [-0.3, -0.25) is 0 Å². The second kappa shape index (κ2) is 7.43. The molecule has 27 heavy (non-hydrogen) atoms. The lowest BCUT2D eigenvalue weighted by molar-refractivity contribution is 0.198. The van der Waals surface area contributed by atoms with Crippen LogP contribution in [0.25, 0.3) is 0 Å². The Balaban J connectivity index is 1.57. The van der Waals surface area contributed by atoms with Crippen LogP contribution in [0.3, 0.4) is 0 Å². The molecule has 0 bridgehead atoms. The average molecular weight is 384 g/mol. The summed E-state index contributed by atoms with van der Waals surface area (Å²) in [6.07, 6.45) is 5.70. The third kappa shape index (κ3) is 3.51. The van der Waals surface area contributed by atoms with Crippen LogP contribution in [0.1, 0.15) is 42.4 Å². The van der Waals surface area contributed by atoms with Crippen molar-refractivity contribution < 1.29 is 4.74 Å². The Morgan fingerprint density at radius 3 is 2.63 bits per heavy atom. The van der Waals surface area contributed by atoms with E-state index in [1.54, 1.807) is 0 Å². The number of aryl methyl sites for hydroxylation is 1. The first-order chi connectivity index (χ1) is 13.1. The third-order valence-corrected chi connectivity index (χ3v) is 6.21. The molecule has 0 saturated heterocycles. The quantitative estimate of drug-likeness (QED) is 0.370. The van der Waals surface area contributed by atoms with Gasteiger partial charge in [0, 0.05) is 29.6 Å². The molecule has 0 radical (unpaired) electrons. The Morgan fingerprint density at radius 2 is 1.96 bits per heavy atom. The Labute approximate surface area is 166 Å². The van der Waals surface area contributed by atoms with Crippen molar-refractivity contribution in [1.82, 2.24) is 4.90 Å². The molecule has 0 unspecified atom stereocenters. The highest BCUT2D eigenvalue weighted by Gasteiger charge is 2.40. The maximum absolute atomic E-state index is 6.08. The van der Waals surface area contributed by atoms with Crippen molar-refractivity contribution in [3.05, 3.63) is 64.2 Å². The van der Waals surface area contributed by atoms with Crippen LogP contribution in [0.15, 0.2) is 47.6 Å². The van der Waals surface area contributed by atoms with Crippen molar-refractivity contribution in [2.45, 2.75) is 37.5 Å². The predicted molar refractivity (Wildman–Crippen MR) is 111 cm³/mol. The molecule has 0 amide bonds. The highest BCUT2D eigenvalue weighted by Crippen LogP contribution is 2.44. The van der Waals surface area contributed by atoms with Gasteiger partial charge in [0.05, 0.1) is 6.61 Å². The summed E-state index contributed by atoms with van der Waals surface area (Å²) in [6.45, 7) is 1.69. The Hall–Kier alpha value is -2.20. The molecule has 5 heteroatoms. The zero-order valence-corrected chi connectivity index (χ0v) is 16.5. The number of fused-ring (bicyclic) bond motifs is 1. The van der Waals surface area contributed by atoms with E-state index in [1.165, 1.54) is 30.4 Å². The van der Waals surface area contributed by atoms with Gasteiger partial charge < -0.3 is 15.5 Å². The van der Waals surface area contributed by atoms with Crippen LogP contribution in [0, 0.1) is 0 Å². The predicted octanol–water partition coefficient (Wildman–Crippen LogP) is 4.34. The van der Waals surface area contributed by atoms with Crippen molar-refractivity contribution in [1.29, 1.82) is 0 Å². The van der Waals surface area contributed by atoms with Crippen molar-refractivity contribution in [3.63, 3.8) is 0 Å². The number of rotatable bonds is 4. The maximum atomic E-state index is 6.08. The molecule has 1 heterocycles. The lowest BCUT2D eigenvalue weighted by Gasteiger charge is -2.45. The van der Waals surface area contributed by atoms with Gasteiger partial charge in [-0.15, -0.1) is 0 Å². The summed E-state index contributed by atoms with van der Waals surface area (Å²) in [6, 6.07) is 14.6. The molecule has 0 aromatic heterocycles. The lowest BCUT2D eigenvalue weighted by Crippen LogP contribution is -2.46. The Bertz CT molecular complexity index is 843. The first kappa shape index (κ1) is 18.2. The average Bonchev–Trinajstić information content (AvgIpc) is 2.66. The highest BCUT2D eigenvalue weighted by molar-refractivity contribution is 6.30. The van der Waals surface area contributed by atoms with Gasteiger partial charge in [-0.2, -0.15) is 5.10 Å². The lowest BCUT2D eigenvalue weighted by atomic mass is 9.64. The number of likely N-dealkylation sites (N-methyl/N-ethyl adjacent to an activating group) is 1. The molecule has 1 aliphatic carbocycles. The minimum absolute atomic E-state index is 0.145. The molecular formula is C22H26ClN3O. The Kier molecular flexibility index (Phi) is 5.00. The second-order valence-electron chi connectivity index (χ2n) is 7.72. The summed E-state index contributed by atoms with van der Waals surface area (Å²) in [5.74, 6) is 7.63. The maximum Gasteiger partial charge on any atom is 0.155 e. The van der Waals surface area contributed by atoms with Gasteiger partial charge in [0.1, 0.15) is 5.75 Å². The first-order valence-corrected chi connectivity index (χ1v) is 10.0. The number of hydrogen-bond acceptors (Lipinski definition) is 3. The molecule has 4 nitrogen and oxygen atoms in total. The van der Waals surface area contributed by atoms with E-state index >= 15 is 0 Å². The number of ether oxygens (including phenoxy) is 1. The van der Waals surface area contributed by atoms with Gasteiger partial charge in [0.2, 0.25) is 0 Å². The molecule has 2 aliphatic rings. The monoisotopic (exact) mass is 383 g/mol. The van der Waals surface area contributed by atoms with Crippen molar-refractivity contribution in [2.24, 2.45) is 10.9 Å². The van der Waals surface area contributed by atoms with Gasteiger partial charge >= 0.3 is 0 Å². The van der Waals surface area contributed by atoms with Crippen LogP contribution in [0.5, 0.6) is 5.75 Å². The van der Waals surface area contributed by atoms with Gasteiger partial charge in [0.15, 0.2) is 5.84 Å². The topological polar surface area (TPSA) is 50.8 Å². The SMILES string of the molecule is CN(CC1(c2ccc(Cl)cc2)CCC1)/C(=N\N)c1ccc2c(c1)CCCO2. The number of amidine groups is 1. The molecule has 2 N–H and O–H groups in total. The fourth-order valence-electron chi connectivity index (χ4n) is 4.37. The van der Waals surface area contributed by atoms with Crippen molar-refractivity contribution in [2.75, 3.05) is 20.2 Å². The van der Waals surface area contributed by atoms with Crippen LogP contribution < -0.4 is 10.6 Å². The smallest absolute Gasteiger partial charge is 0.155 e. The molecule has 4 rings (SSSR count). The van der Waals surface area contributed by atoms with Crippen LogP contribution in [-0.2, 0) is 11.8 Å². The third-order valence-electron chi connectivity index (χ3n) is 5.96. The molecule has 1 aliphatic heterocycles. The van der Waals surface area contributed by atoms with Gasteiger partial charge in [0.25, 0.3) is 0 Å². The van der Waals surface area contributed by atoms with Crippen LogP contribution in [0.4, 0.5) is 0 Å². The number of nitrogens with two attached hydrogens (primary N) is 1. The van der Waals surface area contributed by atoms with Gasteiger partial charge in [-0.25, -0.2) is 0 Å². The molecule has 1 fully saturated rings. The largest absolute Gasteiger partial charge is 0.493 e. The van der Waals surface area contributed by atoms with Gasteiger partial charge in [-0.05, 0) is 67.1 Å². The van der Waals surface area contributed by atoms with Crippen molar-refractivity contribution in [3.8, 4) is 5.75 Å². The zero-order valence-electron chi connectivity index (χ0n) is 15.7. The molecule has 0 spiro atoms. The van der Waals surface area contributed by atoms with Crippen LogP contribution in [0.2, 0.25) is 5.02 Å². The Morgan fingerprint density at radius 1 is 1.19 bits per heavy atom. The van der Waals surface area contributed by atoms with E-state index in [9.17, 15) is 0 Å². The summed E-state index contributed by atoms with van der Waals surface area (Å²) >= 11 is 6.08. The fraction of sp³-hybridized carbons (Fsp3) is 0.409. The molecule has 142 valence electrons. The standard InChI is InChI=1S/C22H26ClN3O/c1-26(15-22(11-3-12-22)18-6-8-19(23)9-7-18)21(25-24)17-5-10-20-16(14-17)4-2-13-27-20/h5-10,14H,2-4,11-13,15,24H2,1H3/b25-21-. The van der Waals surface area contributed by atoms with E-state index in [0.29, 0.717) is 0 Å². The van der Waals surface area contributed by atoms with E-state index < -0.39 is 0 Å². The van der Waals surface area contributed by atoms with Crippen molar-refractivity contribution >= 4 is 17.4 Å². The van der Waals surface area contributed by atoms with E-state index in [0.717, 1.165) is 48.2 Å². The van der Waals surface area contributed by atoms with E-state index in [-0.39, 0.29) is 5.41 Å². The fourth-order valence-corrected chi connectivity index (χ4v) is 4.49. The molecule has 2 aromatic carbocycles. The summed E-state index contributed by atoms with van der Waals surface area (Å²) in [5.41, 5.74) is 3.78. The van der Waals surface area contributed by atoms with E-state index in [1.807, 2.05) is 18.2 Å². The van der Waals surface area contributed by atoms with Crippen LogP contribution in [-0.4, -0.2) is 30.9 Å².